The van der Waals surface area contributed by atoms with Crippen LogP contribution >= 0.6 is 0 Å². The average molecular weight is 257 g/mol. The number of aliphatic hydroxyl groups is 2. The lowest BCUT2D eigenvalue weighted by atomic mass is 10.2. The predicted molar refractivity (Wildman–Crippen MR) is 63.0 cm³/mol. The second-order valence-electron chi connectivity index (χ2n) is 4.14. The molecule has 1 rings (SSSR count). The second-order valence-corrected chi connectivity index (χ2v) is 4.14. The normalized spacial score (nSPS) is 12.6. The van der Waals surface area contributed by atoms with Gasteiger partial charge in [0, 0.05) is 26.0 Å². The third-order valence-electron chi connectivity index (χ3n) is 2.73. The lowest BCUT2D eigenvalue weighted by Crippen LogP contribution is -2.22. The van der Waals surface area contributed by atoms with E-state index in [2.05, 4.69) is 10.2 Å². The molecule has 0 aliphatic heterocycles. The lowest BCUT2D eigenvalue weighted by molar-refractivity contribution is -0.147. The molecule has 0 saturated heterocycles. The van der Waals surface area contributed by atoms with E-state index in [4.69, 9.17) is 10.2 Å². The van der Waals surface area contributed by atoms with Gasteiger partial charge in [-0.25, -0.2) is 4.79 Å². The van der Waals surface area contributed by atoms with Crippen LogP contribution in [0.4, 0.5) is 0 Å². The Morgan fingerprint density at radius 1 is 1.39 bits per heavy atom. The van der Waals surface area contributed by atoms with Crippen molar-refractivity contribution in [2.75, 3.05) is 6.61 Å². The van der Waals surface area contributed by atoms with Gasteiger partial charge in [0.1, 0.15) is 11.6 Å². The second kappa shape index (κ2) is 7.07. The Bertz CT molecular complexity index is 392. The molecule has 0 aliphatic carbocycles. The summed E-state index contributed by atoms with van der Waals surface area (Å²) in [5.74, 6) is 0.243. The van der Waals surface area contributed by atoms with E-state index in [0.29, 0.717) is 25.2 Å². The number of carboxylic acid groups (broad SMARTS) is 1. The minimum Gasteiger partial charge on any atom is -0.479 e. The zero-order chi connectivity index (χ0) is 13.5. The van der Waals surface area contributed by atoms with E-state index in [0.717, 1.165) is 12.2 Å². The molecule has 1 aromatic heterocycles. The number of aliphatic hydroxyl groups excluding tert-OH is 2. The molecular weight excluding hydrogens is 238 g/mol. The molecule has 0 saturated carbocycles. The highest BCUT2D eigenvalue weighted by Crippen LogP contribution is 2.08. The molecule has 1 atom stereocenters. The zero-order valence-corrected chi connectivity index (χ0v) is 10.4. The van der Waals surface area contributed by atoms with Gasteiger partial charge in [0.15, 0.2) is 6.10 Å². The summed E-state index contributed by atoms with van der Waals surface area (Å²) in [4.78, 5) is 10.5. The third-order valence-corrected chi connectivity index (χ3v) is 2.73. The quantitative estimate of drug-likeness (QED) is 0.553. The van der Waals surface area contributed by atoms with E-state index in [-0.39, 0.29) is 13.0 Å². The van der Waals surface area contributed by atoms with E-state index in [1.54, 1.807) is 6.92 Å². The smallest absolute Gasteiger partial charge is 0.332 e. The Balaban J connectivity index is 2.57. The number of nitrogens with zero attached hydrogens (tertiary/aromatic N) is 3. The third kappa shape index (κ3) is 4.08. The SMILES string of the molecule is Cc1nnc(CCCCO)n1CCC(O)C(=O)O. The topological polar surface area (TPSA) is 108 Å². The first-order valence-corrected chi connectivity index (χ1v) is 5.96. The van der Waals surface area contributed by atoms with Gasteiger partial charge >= 0.3 is 5.97 Å². The van der Waals surface area contributed by atoms with E-state index in [1.807, 2.05) is 4.57 Å². The molecule has 18 heavy (non-hydrogen) atoms. The zero-order valence-electron chi connectivity index (χ0n) is 10.4. The molecule has 1 aromatic rings. The molecule has 0 amide bonds. The fourth-order valence-corrected chi connectivity index (χ4v) is 1.67. The average Bonchev–Trinajstić information content (AvgIpc) is 2.67. The highest BCUT2D eigenvalue weighted by atomic mass is 16.4. The van der Waals surface area contributed by atoms with Gasteiger partial charge in [-0.2, -0.15) is 0 Å². The molecule has 0 radical (unpaired) electrons. The summed E-state index contributed by atoms with van der Waals surface area (Å²) in [7, 11) is 0. The molecule has 0 fully saturated rings. The standard InChI is InChI=1S/C11H19N3O4/c1-8-12-13-10(4-2-3-7-15)14(8)6-5-9(16)11(17)18/h9,15-16H,2-7H2,1H3,(H,17,18). The molecule has 0 aromatic carbocycles. The van der Waals surface area contributed by atoms with Gasteiger partial charge < -0.3 is 19.9 Å². The highest BCUT2D eigenvalue weighted by molar-refractivity contribution is 5.71. The minimum absolute atomic E-state index is 0.126. The van der Waals surface area contributed by atoms with Crippen molar-refractivity contribution in [3.63, 3.8) is 0 Å². The first-order chi connectivity index (χ1) is 8.56. The van der Waals surface area contributed by atoms with Crippen molar-refractivity contribution in [3.8, 4) is 0 Å². The first kappa shape index (κ1) is 14.6. The van der Waals surface area contributed by atoms with Crippen molar-refractivity contribution >= 4 is 5.97 Å². The summed E-state index contributed by atoms with van der Waals surface area (Å²) >= 11 is 0. The van der Waals surface area contributed by atoms with Crippen LogP contribution in [0.15, 0.2) is 0 Å². The Morgan fingerprint density at radius 3 is 2.72 bits per heavy atom. The highest BCUT2D eigenvalue weighted by Gasteiger charge is 2.15. The molecule has 102 valence electrons. The van der Waals surface area contributed by atoms with Crippen LogP contribution in [0.2, 0.25) is 0 Å². The van der Waals surface area contributed by atoms with Crippen molar-refractivity contribution in [3.05, 3.63) is 11.6 Å². The van der Waals surface area contributed by atoms with Crippen molar-refractivity contribution in [2.45, 2.75) is 45.3 Å². The van der Waals surface area contributed by atoms with Gasteiger partial charge in [0.05, 0.1) is 0 Å². The Morgan fingerprint density at radius 2 is 2.11 bits per heavy atom. The number of aryl methyl sites for hydroxylation is 2. The maximum atomic E-state index is 10.5. The number of hydrogen-bond donors (Lipinski definition) is 3. The van der Waals surface area contributed by atoms with Gasteiger partial charge in [-0.05, 0) is 19.8 Å². The van der Waals surface area contributed by atoms with Crippen LogP contribution in [0, 0.1) is 6.92 Å². The van der Waals surface area contributed by atoms with Crippen LogP contribution in [-0.4, -0.2) is 48.8 Å². The number of hydrogen-bond acceptors (Lipinski definition) is 5. The van der Waals surface area contributed by atoms with Crippen LogP contribution in [0.25, 0.3) is 0 Å². The molecule has 1 unspecified atom stereocenters. The van der Waals surface area contributed by atoms with Crippen LogP contribution < -0.4 is 0 Å². The van der Waals surface area contributed by atoms with Gasteiger partial charge in [-0.1, -0.05) is 0 Å². The number of unbranched alkanes of at least 4 members (excludes halogenated alkanes) is 1. The number of carboxylic acids is 1. The largest absolute Gasteiger partial charge is 0.479 e. The van der Waals surface area contributed by atoms with E-state index in [9.17, 15) is 9.90 Å². The fourth-order valence-electron chi connectivity index (χ4n) is 1.67. The number of aliphatic carboxylic acids is 1. The molecule has 3 N–H and O–H groups in total. The van der Waals surface area contributed by atoms with E-state index < -0.39 is 12.1 Å². The number of rotatable bonds is 8. The maximum absolute atomic E-state index is 10.5. The summed E-state index contributed by atoms with van der Waals surface area (Å²) < 4.78 is 1.81. The molecular formula is C11H19N3O4. The monoisotopic (exact) mass is 257 g/mol. The van der Waals surface area contributed by atoms with Crippen LogP contribution in [0.5, 0.6) is 0 Å². The summed E-state index contributed by atoms with van der Waals surface area (Å²) in [5.41, 5.74) is 0. The van der Waals surface area contributed by atoms with E-state index in [1.165, 1.54) is 0 Å². The molecule has 0 spiro atoms. The summed E-state index contributed by atoms with van der Waals surface area (Å²) in [5, 5.41) is 34.5. The maximum Gasteiger partial charge on any atom is 0.332 e. The predicted octanol–water partition coefficient (Wildman–Crippen LogP) is -0.263. The van der Waals surface area contributed by atoms with Crippen molar-refractivity contribution in [1.29, 1.82) is 0 Å². The molecule has 1 heterocycles. The van der Waals surface area contributed by atoms with Crippen LogP contribution in [0.3, 0.4) is 0 Å². The molecule has 0 aliphatic rings. The first-order valence-electron chi connectivity index (χ1n) is 5.96. The lowest BCUT2D eigenvalue weighted by Gasteiger charge is -2.10. The minimum atomic E-state index is -1.36. The Kier molecular flexibility index (Phi) is 5.73. The van der Waals surface area contributed by atoms with Crippen LogP contribution in [-0.2, 0) is 17.8 Å². The van der Waals surface area contributed by atoms with Crippen molar-refractivity contribution in [2.24, 2.45) is 0 Å². The Labute approximate surface area is 105 Å². The molecule has 7 heteroatoms. The van der Waals surface area contributed by atoms with Gasteiger partial charge in [-0.15, -0.1) is 10.2 Å². The fraction of sp³-hybridized carbons (Fsp3) is 0.727. The molecule has 0 bridgehead atoms. The number of aromatic nitrogens is 3. The summed E-state index contributed by atoms with van der Waals surface area (Å²) in [6.07, 6.45) is 0.947. The van der Waals surface area contributed by atoms with Crippen molar-refractivity contribution in [1.82, 2.24) is 14.8 Å². The summed E-state index contributed by atoms with van der Waals surface area (Å²) in [6, 6.07) is 0. The van der Waals surface area contributed by atoms with Crippen molar-refractivity contribution < 1.29 is 20.1 Å². The Hall–Kier alpha value is -1.47. The van der Waals surface area contributed by atoms with Gasteiger partial charge in [0.2, 0.25) is 0 Å². The van der Waals surface area contributed by atoms with Gasteiger partial charge in [0.25, 0.3) is 0 Å². The molecule has 7 nitrogen and oxygen atoms in total. The van der Waals surface area contributed by atoms with Gasteiger partial charge in [-0.3, -0.25) is 0 Å². The van der Waals surface area contributed by atoms with E-state index >= 15 is 0 Å². The number of carbonyl (C=O) groups is 1. The van der Waals surface area contributed by atoms with Crippen LogP contribution in [0.1, 0.15) is 30.9 Å². The summed E-state index contributed by atoms with van der Waals surface area (Å²) in [6.45, 7) is 2.31.